The summed E-state index contributed by atoms with van der Waals surface area (Å²) < 4.78 is 0. The molecule has 2 saturated heterocycles. The molecule has 0 aromatic heterocycles. The van der Waals surface area contributed by atoms with Gasteiger partial charge in [0.05, 0.1) is 17.3 Å². The summed E-state index contributed by atoms with van der Waals surface area (Å²) in [4.78, 5) is 30.2. The lowest BCUT2D eigenvalue weighted by atomic mass is 9.99. The first-order valence-corrected chi connectivity index (χ1v) is 9.91. The average molecular weight is 395 g/mol. The number of nitrogens with zero attached hydrogens (tertiary/aromatic N) is 3. The van der Waals surface area contributed by atoms with Crippen LogP contribution in [0.5, 0.6) is 0 Å². The highest BCUT2D eigenvalue weighted by molar-refractivity contribution is 6.31. The Bertz CT molecular complexity index is 692. The molecular formula is C19H27ClN4O3. The highest BCUT2D eigenvalue weighted by Gasteiger charge is 2.29. The van der Waals surface area contributed by atoms with E-state index in [1.807, 2.05) is 12.1 Å². The average Bonchev–Trinajstić information content (AvgIpc) is 2.68. The second kappa shape index (κ2) is 8.80. The fourth-order valence-corrected chi connectivity index (χ4v) is 3.92. The van der Waals surface area contributed by atoms with E-state index in [4.69, 9.17) is 11.6 Å². The van der Waals surface area contributed by atoms with E-state index in [0.29, 0.717) is 30.1 Å². The first-order chi connectivity index (χ1) is 13.0. The minimum Gasteiger partial charge on any atom is -0.481 e. The van der Waals surface area contributed by atoms with Gasteiger partial charge in [-0.1, -0.05) is 18.5 Å². The predicted octanol–water partition coefficient (Wildman–Crippen LogP) is 2.81. The van der Waals surface area contributed by atoms with Gasteiger partial charge in [-0.25, -0.2) is 4.79 Å². The number of benzene rings is 1. The molecule has 2 heterocycles. The highest BCUT2D eigenvalue weighted by Crippen LogP contribution is 2.30. The quantitative estimate of drug-likeness (QED) is 0.821. The summed E-state index contributed by atoms with van der Waals surface area (Å²) in [6.45, 7) is 7.77. The number of carboxylic acids is 1. The molecule has 2 amide bonds. The molecule has 7 nitrogen and oxygen atoms in total. The largest absolute Gasteiger partial charge is 0.481 e. The monoisotopic (exact) mass is 394 g/mol. The minimum atomic E-state index is -0.843. The van der Waals surface area contributed by atoms with Crippen LogP contribution in [0.4, 0.5) is 16.2 Å². The van der Waals surface area contributed by atoms with Gasteiger partial charge in [-0.05, 0) is 37.6 Å². The molecule has 2 fully saturated rings. The Morgan fingerprint density at radius 1 is 1.22 bits per heavy atom. The van der Waals surface area contributed by atoms with Crippen molar-refractivity contribution >= 4 is 35.0 Å². The Morgan fingerprint density at radius 2 is 1.96 bits per heavy atom. The maximum absolute atomic E-state index is 12.7. The van der Waals surface area contributed by atoms with E-state index in [1.54, 1.807) is 11.0 Å². The second-order valence-electron chi connectivity index (χ2n) is 7.14. The number of hydrogen-bond donors (Lipinski definition) is 2. The molecular weight excluding hydrogens is 368 g/mol. The van der Waals surface area contributed by atoms with Crippen LogP contribution in [0.2, 0.25) is 5.02 Å². The number of amides is 2. The van der Waals surface area contributed by atoms with Crippen LogP contribution >= 0.6 is 11.6 Å². The number of hydrogen-bond acceptors (Lipinski definition) is 4. The van der Waals surface area contributed by atoms with Gasteiger partial charge in [0, 0.05) is 44.3 Å². The maximum atomic E-state index is 12.7. The molecule has 0 saturated carbocycles. The normalized spacial score (nSPS) is 21.2. The van der Waals surface area contributed by atoms with Gasteiger partial charge >= 0.3 is 12.0 Å². The SMILES string of the molecule is CCN1CCN(c2ccc(Cl)cc2NC(=O)N2CCCC(C(=O)O)C2)CC1. The van der Waals surface area contributed by atoms with Gasteiger partial charge in [0.25, 0.3) is 0 Å². The topological polar surface area (TPSA) is 76.1 Å². The predicted molar refractivity (Wildman–Crippen MR) is 107 cm³/mol. The third-order valence-corrected chi connectivity index (χ3v) is 5.65. The molecule has 0 bridgehead atoms. The molecule has 2 aliphatic rings. The number of likely N-dealkylation sites (N-methyl/N-ethyl adjacent to an activating group) is 1. The van der Waals surface area contributed by atoms with Gasteiger partial charge in [-0.15, -0.1) is 0 Å². The van der Waals surface area contributed by atoms with Crippen molar-refractivity contribution in [3.8, 4) is 0 Å². The number of carbonyl (C=O) groups is 2. The molecule has 0 radical (unpaired) electrons. The Hall–Kier alpha value is -1.99. The van der Waals surface area contributed by atoms with Gasteiger partial charge in [0.2, 0.25) is 0 Å². The smallest absolute Gasteiger partial charge is 0.321 e. The Balaban J connectivity index is 1.71. The summed E-state index contributed by atoms with van der Waals surface area (Å²) in [6.07, 6.45) is 1.31. The number of rotatable bonds is 4. The van der Waals surface area contributed by atoms with Crippen molar-refractivity contribution in [3.05, 3.63) is 23.2 Å². The summed E-state index contributed by atoms with van der Waals surface area (Å²) in [5, 5.41) is 12.7. The first kappa shape index (κ1) is 19.8. The lowest BCUT2D eigenvalue weighted by molar-refractivity contribution is -0.143. The van der Waals surface area contributed by atoms with Crippen molar-refractivity contribution in [2.45, 2.75) is 19.8 Å². The Kier molecular flexibility index (Phi) is 6.44. The molecule has 0 spiro atoms. The molecule has 2 aliphatic heterocycles. The zero-order chi connectivity index (χ0) is 19.4. The maximum Gasteiger partial charge on any atom is 0.321 e. The summed E-state index contributed by atoms with van der Waals surface area (Å²) in [6, 6.07) is 5.27. The van der Waals surface area contributed by atoms with Gasteiger partial charge in [-0.3, -0.25) is 4.79 Å². The van der Waals surface area contributed by atoms with Gasteiger partial charge in [0.1, 0.15) is 0 Å². The van der Waals surface area contributed by atoms with Crippen LogP contribution in [0, 0.1) is 5.92 Å². The van der Waals surface area contributed by atoms with Crippen molar-refractivity contribution < 1.29 is 14.7 Å². The summed E-state index contributed by atoms with van der Waals surface area (Å²) in [5.74, 6) is -1.34. The number of likely N-dealkylation sites (tertiary alicyclic amines) is 1. The number of urea groups is 1. The molecule has 1 unspecified atom stereocenters. The second-order valence-corrected chi connectivity index (χ2v) is 7.57. The van der Waals surface area contributed by atoms with E-state index in [1.165, 1.54) is 0 Å². The number of piperazine rings is 1. The molecule has 1 atom stereocenters. The van der Waals surface area contributed by atoms with Crippen molar-refractivity contribution in [2.75, 3.05) is 56.0 Å². The molecule has 1 aromatic rings. The minimum absolute atomic E-state index is 0.242. The van der Waals surface area contributed by atoms with Crippen molar-refractivity contribution in [3.63, 3.8) is 0 Å². The lowest BCUT2D eigenvalue weighted by Gasteiger charge is -2.37. The standard InChI is InChI=1S/C19H27ClN4O3/c1-2-22-8-10-23(11-9-22)17-6-5-15(20)12-16(17)21-19(27)24-7-3-4-14(13-24)18(25)26/h5-6,12,14H,2-4,7-11,13H2,1H3,(H,21,27)(H,25,26). The van der Waals surface area contributed by atoms with Gasteiger partial charge in [-0.2, -0.15) is 0 Å². The Morgan fingerprint density at radius 3 is 2.63 bits per heavy atom. The zero-order valence-electron chi connectivity index (χ0n) is 15.7. The molecule has 1 aromatic carbocycles. The van der Waals surface area contributed by atoms with Gasteiger partial charge < -0.3 is 25.1 Å². The Labute approximate surface area is 164 Å². The molecule has 2 N–H and O–H groups in total. The van der Waals surface area contributed by atoms with Crippen LogP contribution in [0.25, 0.3) is 0 Å². The van der Waals surface area contributed by atoms with Crippen LogP contribution in [0.1, 0.15) is 19.8 Å². The highest BCUT2D eigenvalue weighted by atomic mass is 35.5. The number of halogens is 1. The van der Waals surface area contributed by atoms with Gasteiger partial charge in [0.15, 0.2) is 0 Å². The number of aliphatic carboxylic acids is 1. The van der Waals surface area contributed by atoms with Crippen LogP contribution in [0.3, 0.4) is 0 Å². The number of carbonyl (C=O) groups excluding carboxylic acids is 1. The van der Waals surface area contributed by atoms with E-state index in [9.17, 15) is 14.7 Å². The number of carboxylic acid groups (broad SMARTS) is 1. The van der Waals surface area contributed by atoms with E-state index >= 15 is 0 Å². The van der Waals surface area contributed by atoms with E-state index in [0.717, 1.165) is 38.4 Å². The van der Waals surface area contributed by atoms with Crippen molar-refractivity contribution in [1.29, 1.82) is 0 Å². The third kappa shape index (κ3) is 4.84. The summed E-state index contributed by atoms with van der Waals surface area (Å²) >= 11 is 6.17. The molecule has 27 heavy (non-hydrogen) atoms. The molecule has 3 rings (SSSR count). The third-order valence-electron chi connectivity index (χ3n) is 5.42. The van der Waals surface area contributed by atoms with Crippen LogP contribution in [0.15, 0.2) is 18.2 Å². The van der Waals surface area contributed by atoms with E-state index < -0.39 is 11.9 Å². The summed E-state index contributed by atoms with van der Waals surface area (Å²) in [5.41, 5.74) is 1.63. The summed E-state index contributed by atoms with van der Waals surface area (Å²) in [7, 11) is 0. The first-order valence-electron chi connectivity index (χ1n) is 9.53. The fraction of sp³-hybridized carbons (Fsp3) is 0.579. The fourth-order valence-electron chi connectivity index (χ4n) is 3.75. The number of nitrogens with one attached hydrogen (secondary N) is 1. The van der Waals surface area contributed by atoms with Crippen LogP contribution < -0.4 is 10.2 Å². The number of piperidine rings is 1. The van der Waals surface area contributed by atoms with Crippen LogP contribution in [-0.4, -0.2) is 72.7 Å². The zero-order valence-corrected chi connectivity index (χ0v) is 16.4. The van der Waals surface area contributed by atoms with E-state index in [-0.39, 0.29) is 12.6 Å². The van der Waals surface area contributed by atoms with Crippen molar-refractivity contribution in [1.82, 2.24) is 9.80 Å². The van der Waals surface area contributed by atoms with E-state index in [2.05, 4.69) is 22.0 Å². The molecule has 8 heteroatoms. The molecule has 148 valence electrons. The van der Waals surface area contributed by atoms with Crippen molar-refractivity contribution in [2.24, 2.45) is 5.92 Å². The van der Waals surface area contributed by atoms with Crippen LogP contribution in [-0.2, 0) is 4.79 Å². The molecule has 0 aliphatic carbocycles. The lowest BCUT2D eigenvalue weighted by Crippen LogP contribution is -2.47. The number of anilines is 2.